The standard InChI is InChI=1S/C21H28N4O5/c1-5-30-20(26)14-7-6-10-25(13-14)18-8-9-22-21(24-18)23-15-11-16(27-2)19(29-4)17(12-15)28-3/h8-9,11-12,14H,5-7,10,13H2,1-4H3,(H,22,23,24)/t14-/m0/s1. The molecule has 0 radical (unpaired) electrons. The molecular formula is C21H28N4O5. The van der Waals surface area contributed by atoms with Crippen LogP contribution in [-0.4, -0.2) is 57.0 Å². The zero-order valence-corrected chi connectivity index (χ0v) is 17.8. The van der Waals surface area contributed by atoms with Gasteiger partial charge in [-0.15, -0.1) is 0 Å². The minimum Gasteiger partial charge on any atom is -0.493 e. The summed E-state index contributed by atoms with van der Waals surface area (Å²) in [7, 11) is 4.69. The molecule has 0 amide bonds. The van der Waals surface area contributed by atoms with E-state index < -0.39 is 0 Å². The van der Waals surface area contributed by atoms with Crippen LogP contribution in [0.2, 0.25) is 0 Å². The molecule has 1 aromatic heterocycles. The van der Waals surface area contributed by atoms with Crippen molar-refractivity contribution in [1.82, 2.24) is 9.97 Å². The zero-order valence-electron chi connectivity index (χ0n) is 17.8. The lowest BCUT2D eigenvalue weighted by Gasteiger charge is -2.32. The van der Waals surface area contributed by atoms with Crippen molar-refractivity contribution >= 4 is 23.4 Å². The van der Waals surface area contributed by atoms with Gasteiger partial charge in [-0.1, -0.05) is 0 Å². The van der Waals surface area contributed by atoms with Gasteiger partial charge in [-0.25, -0.2) is 4.98 Å². The number of ether oxygens (including phenoxy) is 4. The fourth-order valence-electron chi connectivity index (χ4n) is 3.51. The van der Waals surface area contributed by atoms with Crippen molar-refractivity contribution in [2.24, 2.45) is 5.92 Å². The third kappa shape index (κ3) is 4.84. The number of nitrogens with zero attached hydrogens (tertiary/aromatic N) is 3. The van der Waals surface area contributed by atoms with Crippen LogP contribution >= 0.6 is 0 Å². The topological polar surface area (TPSA) is 95.0 Å². The second-order valence-corrected chi connectivity index (χ2v) is 6.81. The molecule has 1 aromatic carbocycles. The molecule has 0 unspecified atom stereocenters. The predicted molar refractivity (Wildman–Crippen MR) is 113 cm³/mol. The summed E-state index contributed by atoms with van der Waals surface area (Å²) in [6, 6.07) is 5.41. The van der Waals surface area contributed by atoms with Crippen LogP contribution in [0.15, 0.2) is 24.4 Å². The number of carbonyl (C=O) groups is 1. The van der Waals surface area contributed by atoms with Gasteiger partial charge < -0.3 is 29.2 Å². The van der Waals surface area contributed by atoms with Crippen LogP contribution in [0.1, 0.15) is 19.8 Å². The second kappa shape index (κ2) is 10.00. The highest BCUT2D eigenvalue weighted by atomic mass is 16.5. The summed E-state index contributed by atoms with van der Waals surface area (Å²) in [5, 5.41) is 3.18. The number of anilines is 3. The van der Waals surface area contributed by atoms with Crippen molar-refractivity contribution in [2.75, 3.05) is 51.2 Å². The van der Waals surface area contributed by atoms with Gasteiger partial charge in [0.25, 0.3) is 0 Å². The maximum Gasteiger partial charge on any atom is 0.310 e. The number of benzene rings is 1. The van der Waals surface area contributed by atoms with E-state index in [1.807, 2.05) is 13.0 Å². The van der Waals surface area contributed by atoms with Crippen LogP contribution in [0.25, 0.3) is 0 Å². The maximum atomic E-state index is 12.1. The number of rotatable bonds is 8. The average molecular weight is 416 g/mol. The minimum atomic E-state index is -0.146. The van der Waals surface area contributed by atoms with Crippen LogP contribution in [0.3, 0.4) is 0 Å². The second-order valence-electron chi connectivity index (χ2n) is 6.81. The van der Waals surface area contributed by atoms with E-state index in [1.54, 1.807) is 39.7 Å². The Morgan fingerprint density at radius 1 is 1.20 bits per heavy atom. The van der Waals surface area contributed by atoms with E-state index in [1.165, 1.54) is 0 Å². The number of piperidine rings is 1. The summed E-state index contributed by atoms with van der Waals surface area (Å²) < 4.78 is 21.3. The van der Waals surface area contributed by atoms with Crippen molar-refractivity contribution in [1.29, 1.82) is 0 Å². The van der Waals surface area contributed by atoms with Crippen molar-refractivity contribution in [3.63, 3.8) is 0 Å². The van der Waals surface area contributed by atoms with E-state index in [9.17, 15) is 4.79 Å². The van der Waals surface area contributed by atoms with Crippen molar-refractivity contribution in [2.45, 2.75) is 19.8 Å². The van der Waals surface area contributed by atoms with Crippen LogP contribution in [-0.2, 0) is 9.53 Å². The molecule has 1 saturated heterocycles. The quantitative estimate of drug-likeness (QED) is 0.652. The summed E-state index contributed by atoms with van der Waals surface area (Å²) in [4.78, 5) is 23.2. The Kier molecular flexibility index (Phi) is 7.16. The lowest BCUT2D eigenvalue weighted by atomic mass is 9.98. The van der Waals surface area contributed by atoms with Gasteiger partial charge >= 0.3 is 5.97 Å². The Labute approximate surface area is 176 Å². The molecule has 1 aliphatic rings. The SMILES string of the molecule is CCOC(=O)[C@H]1CCCN(c2ccnc(Nc3cc(OC)c(OC)c(OC)c3)n2)C1. The van der Waals surface area contributed by atoms with Crippen LogP contribution in [0.5, 0.6) is 17.2 Å². The molecule has 0 spiro atoms. The first-order chi connectivity index (χ1) is 14.6. The molecule has 0 aliphatic carbocycles. The largest absolute Gasteiger partial charge is 0.493 e. The summed E-state index contributed by atoms with van der Waals surface area (Å²) in [6.45, 7) is 3.63. The first-order valence-electron chi connectivity index (χ1n) is 9.91. The van der Waals surface area contributed by atoms with Crippen molar-refractivity contribution < 1.29 is 23.7 Å². The van der Waals surface area contributed by atoms with Crippen molar-refractivity contribution in [3.05, 3.63) is 24.4 Å². The van der Waals surface area contributed by atoms with E-state index in [-0.39, 0.29) is 11.9 Å². The summed E-state index contributed by atoms with van der Waals surface area (Å²) in [5.41, 5.74) is 0.699. The Morgan fingerprint density at radius 3 is 2.57 bits per heavy atom. The van der Waals surface area contributed by atoms with Crippen LogP contribution in [0.4, 0.5) is 17.5 Å². The zero-order chi connectivity index (χ0) is 21.5. The number of hydrogen-bond acceptors (Lipinski definition) is 9. The van der Waals surface area contributed by atoms with E-state index in [0.717, 1.165) is 25.2 Å². The molecule has 3 rings (SSSR count). The highest BCUT2D eigenvalue weighted by molar-refractivity contribution is 5.73. The molecule has 1 aliphatic heterocycles. The first-order valence-corrected chi connectivity index (χ1v) is 9.91. The van der Waals surface area contributed by atoms with Crippen molar-refractivity contribution in [3.8, 4) is 17.2 Å². The Bertz CT molecular complexity index is 851. The number of nitrogens with one attached hydrogen (secondary N) is 1. The molecule has 2 heterocycles. The first kappa shape index (κ1) is 21.5. The number of esters is 1. The van der Waals surface area contributed by atoms with E-state index in [4.69, 9.17) is 18.9 Å². The molecule has 0 bridgehead atoms. The number of carbonyl (C=O) groups excluding carboxylic acids is 1. The molecule has 1 N–H and O–H groups in total. The number of methoxy groups -OCH3 is 3. The van der Waals surface area contributed by atoms with Gasteiger partial charge in [0, 0.05) is 37.1 Å². The van der Waals surface area contributed by atoms with E-state index >= 15 is 0 Å². The summed E-state index contributed by atoms with van der Waals surface area (Å²) in [6.07, 6.45) is 3.43. The monoisotopic (exact) mass is 416 g/mol. The molecule has 2 aromatic rings. The molecule has 0 saturated carbocycles. The third-order valence-corrected chi connectivity index (χ3v) is 4.93. The number of aromatic nitrogens is 2. The molecule has 9 nitrogen and oxygen atoms in total. The smallest absolute Gasteiger partial charge is 0.310 e. The fourth-order valence-corrected chi connectivity index (χ4v) is 3.51. The average Bonchev–Trinajstić information content (AvgIpc) is 2.78. The van der Waals surface area contributed by atoms with Gasteiger partial charge in [-0.2, -0.15) is 4.98 Å². The van der Waals surface area contributed by atoms with Gasteiger partial charge in [0.15, 0.2) is 11.5 Å². The molecule has 30 heavy (non-hydrogen) atoms. The van der Waals surface area contributed by atoms with E-state index in [2.05, 4.69) is 20.2 Å². The van der Waals surface area contributed by atoms with Gasteiger partial charge in [-0.05, 0) is 25.8 Å². The lowest BCUT2D eigenvalue weighted by Crippen LogP contribution is -2.39. The Balaban J connectivity index is 1.78. The molecule has 9 heteroatoms. The van der Waals surface area contributed by atoms with Crippen LogP contribution < -0.4 is 24.4 Å². The summed E-state index contributed by atoms with van der Waals surface area (Å²) >= 11 is 0. The maximum absolute atomic E-state index is 12.1. The highest BCUT2D eigenvalue weighted by Gasteiger charge is 2.27. The molecule has 1 atom stereocenters. The number of hydrogen-bond donors (Lipinski definition) is 1. The fraction of sp³-hybridized carbons (Fsp3) is 0.476. The molecule has 162 valence electrons. The summed E-state index contributed by atoms with van der Waals surface area (Å²) in [5.74, 6) is 2.48. The van der Waals surface area contributed by atoms with Gasteiger partial charge in [0.1, 0.15) is 5.82 Å². The van der Waals surface area contributed by atoms with Gasteiger partial charge in [0.05, 0.1) is 33.9 Å². The predicted octanol–water partition coefficient (Wildman–Crippen LogP) is 3.03. The third-order valence-electron chi connectivity index (χ3n) is 4.93. The highest BCUT2D eigenvalue weighted by Crippen LogP contribution is 2.40. The molecule has 1 fully saturated rings. The minimum absolute atomic E-state index is 0.139. The van der Waals surface area contributed by atoms with E-state index in [0.29, 0.717) is 42.0 Å². The Hall–Kier alpha value is -3.23. The normalized spacial score (nSPS) is 16.0. The lowest BCUT2D eigenvalue weighted by molar-refractivity contribution is -0.148. The van der Waals surface area contributed by atoms with Gasteiger partial charge in [0.2, 0.25) is 11.7 Å². The molecular weight excluding hydrogens is 388 g/mol. The Morgan fingerprint density at radius 2 is 1.93 bits per heavy atom. The van der Waals surface area contributed by atoms with Gasteiger partial charge in [-0.3, -0.25) is 4.79 Å². The van der Waals surface area contributed by atoms with Crippen LogP contribution in [0, 0.1) is 5.92 Å².